The molecular weight excluding hydrogens is 426 g/mol. The Kier molecular flexibility index (Phi) is 6.57. The summed E-state index contributed by atoms with van der Waals surface area (Å²) in [6.07, 6.45) is 1.67. The topological polar surface area (TPSA) is 57.1 Å². The number of esters is 1. The third-order valence-electron chi connectivity index (χ3n) is 4.80. The molecule has 4 rings (SSSR count). The summed E-state index contributed by atoms with van der Waals surface area (Å²) in [4.78, 5) is 16.7. The van der Waals surface area contributed by atoms with Crippen LogP contribution in [-0.4, -0.2) is 18.5 Å². The number of carbonyl (C=O) groups excluding carboxylic acids is 1. The summed E-state index contributed by atoms with van der Waals surface area (Å²) in [5.74, 6) is 0.975. The van der Waals surface area contributed by atoms with Gasteiger partial charge in [-0.1, -0.05) is 53.6 Å². The lowest BCUT2D eigenvalue weighted by atomic mass is 10.1. The number of rotatable bonds is 7. The molecule has 162 valence electrons. The van der Waals surface area contributed by atoms with Crippen molar-refractivity contribution in [3.63, 3.8) is 0 Å². The van der Waals surface area contributed by atoms with Gasteiger partial charge in [0.2, 0.25) is 5.90 Å². The summed E-state index contributed by atoms with van der Waals surface area (Å²) >= 11 is 6.21. The highest BCUT2D eigenvalue weighted by Gasteiger charge is 2.24. The van der Waals surface area contributed by atoms with Crippen LogP contribution in [0.3, 0.4) is 0 Å². The molecule has 0 aliphatic carbocycles. The van der Waals surface area contributed by atoms with Gasteiger partial charge in [-0.2, -0.15) is 0 Å². The maximum atomic E-state index is 12.3. The van der Waals surface area contributed by atoms with Crippen LogP contribution in [0.2, 0.25) is 5.02 Å². The van der Waals surface area contributed by atoms with Crippen LogP contribution in [0.25, 0.3) is 6.08 Å². The number of halogens is 1. The Bertz CT molecular complexity index is 1220. The summed E-state index contributed by atoms with van der Waals surface area (Å²) in [6.45, 7) is 4.66. The second-order valence-corrected chi connectivity index (χ2v) is 7.63. The van der Waals surface area contributed by atoms with Crippen LogP contribution in [0.1, 0.15) is 29.2 Å². The molecule has 0 radical (unpaired) electrons. The fourth-order valence-electron chi connectivity index (χ4n) is 3.24. The number of hydrogen-bond acceptors (Lipinski definition) is 5. The van der Waals surface area contributed by atoms with Gasteiger partial charge < -0.3 is 14.2 Å². The highest BCUT2D eigenvalue weighted by Crippen LogP contribution is 2.31. The van der Waals surface area contributed by atoms with Gasteiger partial charge in [0.25, 0.3) is 0 Å². The second-order valence-electron chi connectivity index (χ2n) is 7.22. The molecule has 3 aromatic carbocycles. The SMILES string of the molecule is CCOc1cc(/C=C2\N=C(c3cccc(C)c3)OC2=O)ccc1OCc1ccccc1Cl. The molecule has 0 aromatic heterocycles. The molecule has 1 aliphatic rings. The summed E-state index contributed by atoms with van der Waals surface area (Å²) in [7, 11) is 0. The molecule has 0 unspecified atom stereocenters. The Hall–Kier alpha value is -3.57. The molecule has 0 saturated heterocycles. The summed E-state index contributed by atoms with van der Waals surface area (Å²) in [5.41, 5.74) is 3.69. The van der Waals surface area contributed by atoms with Gasteiger partial charge in [0.15, 0.2) is 17.2 Å². The van der Waals surface area contributed by atoms with E-state index >= 15 is 0 Å². The lowest BCUT2D eigenvalue weighted by molar-refractivity contribution is -0.129. The zero-order valence-electron chi connectivity index (χ0n) is 17.8. The van der Waals surface area contributed by atoms with Gasteiger partial charge in [0, 0.05) is 16.1 Å². The number of hydrogen-bond donors (Lipinski definition) is 0. The van der Waals surface area contributed by atoms with Gasteiger partial charge in [0.05, 0.1) is 6.61 Å². The fraction of sp³-hybridized carbons (Fsp3) is 0.154. The van der Waals surface area contributed by atoms with Crippen molar-refractivity contribution in [1.82, 2.24) is 0 Å². The van der Waals surface area contributed by atoms with Crippen LogP contribution in [0.5, 0.6) is 11.5 Å². The average molecular weight is 448 g/mol. The lowest BCUT2D eigenvalue weighted by Gasteiger charge is -2.13. The number of aliphatic imine (C=N–C) groups is 1. The standard InChI is InChI=1S/C26H22ClNO4/c1-3-30-24-15-18(11-12-23(24)31-16-20-8-4-5-10-21(20)27)14-22-26(29)32-25(28-22)19-9-6-7-17(2)13-19/h4-15H,3,16H2,1-2H3/b22-14-. The normalized spacial score (nSPS) is 14.3. The van der Waals surface area contributed by atoms with E-state index in [0.29, 0.717) is 35.6 Å². The zero-order chi connectivity index (χ0) is 22.5. The molecule has 3 aromatic rings. The molecular formula is C26H22ClNO4. The van der Waals surface area contributed by atoms with Crippen LogP contribution in [0.15, 0.2) is 77.4 Å². The summed E-state index contributed by atoms with van der Waals surface area (Å²) in [6, 6.07) is 20.6. The van der Waals surface area contributed by atoms with E-state index in [-0.39, 0.29) is 5.70 Å². The number of nitrogens with zero attached hydrogens (tertiary/aromatic N) is 1. The Balaban J connectivity index is 1.57. The van der Waals surface area contributed by atoms with Crippen LogP contribution >= 0.6 is 11.6 Å². The largest absolute Gasteiger partial charge is 0.490 e. The van der Waals surface area contributed by atoms with Crippen LogP contribution in [0, 0.1) is 6.92 Å². The Morgan fingerprint density at radius 2 is 1.84 bits per heavy atom. The van der Waals surface area contributed by atoms with Gasteiger partial charge in [-0.15, -0.1) is 0 Å². The Morgan fingerprint density at radius 3 is 2.62 bits per heavy atom. The quantitative estimate of drug-likeness (QED) is 0.330. The van der Waals surface area contributed by atoms with E-state index in [1.807, 2.05) is 74.5 Å². The lowest BCUT2D eigenvalue weighted by Crippen LogP contribution is -2.05. The number of benzene rings is 3. The highest BCUT2D eigenvalue weighted by molar-refractivity contribution is 6.31. The van der Waals surface area contributed by atoms with Gasteiger partial charge >= 0.3 is 5.97 Å². The number of ether oxygens (including phenoxy) is 3. The second kappa shape index (κ2) is 9.71. The predicted octanol–water partition coefficient (Wildman–Crippen LogP) is 5.97. The van der Waals surface area contributed by atoms with E-state index in [1.54, 1.807) is 12.1 Å². The van der Waals surface area contributed by atoms with Gasteiger partial charge in [-0.25, -0.2) is 9.79 Å². The maximum absolute atomic E-state index is 12.3. The monoisotopic (exact) mass is 447 g/mol. The van der Waals surface area contributed by atoms with Crippen molar-refractivity contribution in [1.29, 1.82) is 0 Å². The molecule has 5 nitrogen and oxygen atoms in total. The van der Waals surface area contributed by atoms with Crippen LogP contribution in [-0.2, 0) is 16.1 Å². The van der Waals surface area contributed by atoms with Crippen LogP contribution in [0.4, 0.5) is 0 Å². The summed E-state index contributed by atoms with van der Waals surface area (Å²) in [5, 5.41) is 0.647. The molecule has 0 spiro atoms. The molecule has 1 aliphatic heterocycles. The van der Waals surface area contributed by atoms with Gasteiger partial charge in [-0.05, 0) is 55.8 Å². The number of aryl methyl sites for hydroxylation is 1. The van der Waals surface area contributed by atoms with Crippen molar-refractivity contribution in [2.45, 2.75) is 20.5 Å². The van der Waals surface area contributed by atoms with Gasteiger partial charge in [-0.3, -0.25) is 0 Å². The minimum Gasteiger partial charge on any atom is -0.490 e. The van der Waals surface area contributed by atoms with E-state index in [9.17, 15) is 4.79 Å². The van der Waals surface area contributed by atoms with Crippen molar-refractivity contribution in [2.24, 2.45) is 4.99 Å². The molecule has 1 heterocycles. The smallest absolute Gasteiger partial charge is 0.363 e. The fourth-order valence-corrected chi connectivity index (χ4v) is 3.43. The molecule has 6 heteroatoms. The van der Waals surface area contributed by atoms with E-state index < -0.39 is 5.97 Å². The Labute approximate surface area is 191 Å². The van der Waals surface area contributed by atoms with E-state index in [4.69, 9.17) is 25.8 Å². The first kappa shape index (κ1) is 21.7. The third-order valence-corrected chi connectivity index (χ3v) is 5.17. The van der Waals surface area contributed by atoms with E-state index in [2.05, 4.69) is 4.99 Å². The van der Waals surface area contributed by atoms with E-state index in [1.165, 1.54) is 0 Å². The molecule has 32 heavy (non-hydrogen) atoms. The minimum atomic E-state index is -0.487. The first-order valence-corrected chi connectivity index (χ1v) is 10.6. The first-order chi connectivity index (χ1) is 15.5. The molecule has 0 amide bonds. The molecule has 0 N–H and O–H groups in total. The van der Waals surface area contributed by atoms with Crippen molar-refractivity contribution in [2.75, 3.05) is 6.61 Å². The molecule has 0 atom stereocenters. The van der Waals surface area contributed by atoms with Crippen LogP contribution < -0.4 is 9.47 Å². The molecule has 0 fully saturated rings. The van der Waals surface area contributed by atoms with Crippen molar-refractivity contribution in [3.8, 4) is 11.5 Å². The molecule has 0 saturated carbocycles. The van der Waals surface area contributed by atoms with Crippen molar-refractivity contribution in [3.05, 3.63) is 99.7 Å². The van der Waals surface area contributed by atoms with Crippen molar-refractivity contribution < 1.29 is 19.0 Å². The first-order valence-electron chi connectivity index (χ1n) is 10.3. The molecule has 0 bridgehead atoms. The van der Waals surface area contributed by atoms with Crippen molar-refractivity contribution >= 4 is 29.5 Å². The number of cyclic esters (lactones) is 1. The zero-order valence-corrected chi connectivity index (χ0v) is 18.6. The minimum absolute atomic E-state index is 0.230. The predicted molar refractivity (Wildman–Crippen MR) is 125 cm³/mol. The van der Waals surface area contributed by atoms with E-state index in [0.717, 1.165) is 22.3 Å². The number of carbonyl (C=O) groups is 1. The maximum Gasteiger partial charge on any atom is 0.363 e. The Morgan fingerprint density at radius 1 is 1.00 bits per heavy atom. The summed E-state index contributed by atoms with van der Waals surface area (Å²) < 4.78 is 17.1. The highest BCUT2D eigenvalue weighted by atomic mass is 35.5. The third kappa shape index (κ3) is 5.01. The van der Waals surface area contributed by atoms with Gasteiger partial charge in [0.1, 0.15) is 6.61 Å². The average Bonchev–Trinajstić information content (AvgIpc) is 3.15.